The lowest BCUT2D eigenvalue weighted by Crippen LogP contribution is -2.39. The highest BCUT2D eigenvalue weighted by Crippen LogP contribution is 2.17. The SMILES string of the molecule is CC(C)CCc1ccc(S(=O)(=O)NCC(C)(C)CN(C)C)cc1. The van der Waals surface area contributed by atoms with Crippen LogP contribution in [0.1, 0.15) is 39.7 Å². The number of nitrogens with zero attached hydrogens (tertiary/aromatic N) is 1. The van der Waals surface area contributed by atoms with Crippen LogP contribution >= 0.6 is 0 Å². The largest absolute Gasteiger partial charge is 0.309 e. The van der Waals surface area contributed by atoms with Crippen molar-refractivity contribution in [2.75, 3.05) is 27.2 Å². The Morgan fingerprint density at radius 2 is 1.70 bits per heavy atom. The minimum Gasteiger partial charge on any atom is -0.309 e. The number of hydrogen-bond acceptors (Lipinski definition) is 3. The van der Waals surface area contributed by atoms with Crippen LogP contribution in [0.3, 0.4) is 0 Å². The normalized spacial score (nSPS) is 13.0. The minimum absolute atomic E-state index is 0.117. The number of sulfonamides is 1. The maximum Gasteiger partial charge on any atom is 0.240 e. The van der Waals surface area contributed by atoms with Gasteiger partial charge in [-0.3, -0.25) is 0 Å². The van der Waals surface area contributed by atoms with Gasteiger partial charge in [0.2, 0.25) is 10.0 Å². The second kappa shape index (κ2) is 8.27. The Bertz CT molecular complexity index is 576. The monoisotopic (exact) mass is 340 g/mol. The van der Waals surface area contributed by atoms with Crippen LogP contribution in [0.5, 0.6) is 0 Å². The predicted molar refractivity (Wildman–Crippen MR) is 97.1 cm³/mol. The van der Waals surface area contributed by atoms with Gasteiger partial charge in [-0.1, -0.05) is 39.8 Å². The molecule has 0 fully saturated rings. The van der Waals surface area contributed by atoms with Crippen molar-refractivity contribution < 1.29 is 8.42 Å². The molecule has 0 spiro atoms. The zero-order chi connectivity index (χ0) is 17.7. The number of benzene rings is 1. The van der Waals surface area contributed by atoms with E-state index in [2.05, 4.69) is 37.3 Å². The van der Waals surface area contributed by atoms with E-state index < -0.39 is 10.0 Å². The Morgan fingerprint density at radius 1 is 1.13 bits per heavy atom. The van der Waals surface area contributed by atoms with Gasteiger partial charge in [-0.2, -0.15) is 0 Å². The van der Waals surface area contributed by atoms with Gasteiger partial charge in [0.1, 0.15) is 0 Å². The fraction of sp³-hybridized carbons (Fsp3) is 0.667. The van der Waals surface area contributed by atoms with Gasteiger partial charge < -0.3 is 4.90 Å². The van der Waals surface area contributed by atoms with Gasteiger partial charge in [-0.05, 0) is 56.0 Å². The van der Waals surface area contributed by atoms with E-state index in [1.165, 1.54) is 5.56 Å². The molecule has 0 bridgehead atoms. The van der Waals surface area contributed by atoms with Gasteiger partial charge in [0.05, 0.1) is 4.90 Å². The van der Waals surface area contributed by atoms with E-state index in [4.69, 9.17) is 0 Å². The van der Waals surface area contributed by atoms with Gasteiger partial charge in [0.25, 0.3) is 0 Å². The molecule has 1 aromatic rings. The van der Waals surface area contributed by atoms with Crippen molar-refractivity contribution in [2.24, 2.45) is 11.3 Å². The maximum atomic E-state index is 12.4. The second-order valence-corrected chi connectivity index (χ2v) is 9.57. The molecule has 132 valence electrons. The highest BCUT2D eigenvalue weighted by Gasteiger charge is 2.23. The Morgan fingerprint density at radius 3 is 2.17 bits per heavy atom. The molecule has 4 nitrogen and oxygen atoms in total. The van der Waals surface area contributed by atoms with Gasteiger partial charge >= 0.3 is 0 Å². The van der Waals surface area contributed by atoms with E-state index in [0.29, 0.717) is 17.4 Å². The molecule has 0 radical (unpaired) electrons. The molecule has 0 aromatic heterocycles. The summed E-state index contributed by atoms with van der Waals surface area (Å²) in [6, 6.07) is 7.25. The Hall–Kier alpha value is -0.910. The topological polar surface area (TPSA) is 49.4 Å². The van der Waals surface area contributed by atoms with Crippen molar-refractivity contribution in [2.45, 2.75) is 45.4 Å². The molecule has 23 heavy (non-hydrogen) atoms. The number of hydrogen-bond donors (Lipinski definition) is 1. The summed E-state index contributed by atoms with van der Waals surface area (Å²) in [6.45, 7) is 9.75. The first-order valence-electron chi connectivity index (χ1n) is 8.25. The van der Waals surface area contributed by atoms with Crippen LogP contribution in [0.25, 0.3) is 0 Å². The highest BCUT2D eigenvalue weighted by molar-refractivity contribution is 7.89. The van der Waals surface area contributed by atoms with Crippen molar-refractivity contribution in [3.63, 3.8) is 0 Å². The van der Waals surface area contributed by atoms with Gasteiger partial charge in [0, 0.05) is 13.1 Å². The summed E-state index contributed by atoms with van der Waals surface area (Å²) in [5.41, 5.74) is 1.07. The summed E-state index contributed by atoms with van der Waals surface area (Å²) in [5, 5.41) is 0. The quantitative estimate of drug-likeness (QED) is 0.751. The van der Waals surface area contributed by atoms with Gasteiger partial charge in [-0.25, -0.2) is 13.1 Å². The highest BCUT2D eigenvalue weighted by atomic mass is 32.2. The van der Waals surface area contributed by atoms with E-state index in [9.17, 15) is 8.42 Å². The van der Waals surface area contributed by atoms with E-state index in [0.717, 1.165) is 19.4 Å². The van der Waals surface area contributed by atoms with Crippen molar-refractivity contribution >= 4 is 10.0 Å². The smallest absolute Gasteiger partial charge is 0.240 e. The summed E-state index contributed by atoms with van der Waals surface area (Å²) >= 11 is 0. The summed E-state index contributed by atoms with van der Waals surface area (Å²) in [6.07, 6.45) is 2.10. The van der Waals surface area contributed by atoms with Crippen molar-refractivity contribution in [1.29, 1.82) is 0 Å². The third kappa shape index (κ3) is 7.46. The molecule has 1 N–H and O–H groups in total. The lowest BCUT2D eigenvalue weighted by molar-refractivity contribution is 0.242. The number of rotatable bonds is 9. The summed E-state index contributed by atoms with van der Waals surface area (Å²) in [5.74, 6) is 0.652. The summed E-state index contributed by atoms with van der Waals surface area (Å²) in [7, 11) is 0.539. The average molecular weight is 341 g/mol. The summed E-state index contributed by atoms with van der Waals surface area (Å²) in [4.78, 5) is 2.41. The fourth-order valence-electron chi connectivity index (χ4n) is 2.58. The minimum atomic E-state index is -3.45. The molecule has 5 heteroatoms. The maximum absolute atomic E-state index is 12.4. The van der Waals surface area contributed by atoms with Crippen LogP contribution in [0.2, 0.25) is 0 Å². The third-order valence-corrected chi connectivity index (χ3v) is 5.15. The molecule has 0 saturated carbocycles. The first-order chi connectivity index (χ1) is 10.5. The van der Waals surface area contributed by atoms with Crippen LogP contribution in [0.15, 0.2) is 29.2 Å². The fourth-order valence-corrected chi connectivity index (χ4v) is 3.82. The molecule has 0 aliphatic rings. The molecule has 0 heterocycles. The first-order valence-corrected chi connectivity index (χ1v) is 9.73. The van der Waals surface area contributed by atoms with E-state index in [1.807, 2.05) is 26.2 Å². The van der Waals surface area contributed by atoms with E-state index >= 15 is 0 Å². The lowest BCUT2D eigenvalue weighted by Gasteiger charge is -2.28. The zero-order valence-electron chi connectivity index (χ0n) is 15.4. The van der Waals surface area contributed by atoms with Crippen LogP contribution < -0.4 is 4.72 Å². The van der Waals surface area contributed by atoms with Crippen LogP contribution in [0.4, 0.5) is 0 Å². The van der Waals surface area contributed by atoms with Crippen LogP contribution in [-0.2, 0) is 16.4 Å². The molecule has 0 atom stereocenters. The molecule has 0 aliphatic heterocycles. The standard InChI is InChI=1S/C18H32N2O2S/c1-15(2)7-8-16-9-11-17(12-10-16)23(21,22)19-13-18(3,4)14-20(5)6/h9-12,15,19H,7-8,13-14H2,1-6H3. The zero-order valence-corrected chi connectivity index (χ0v) is 16.2. The number of nitrogens with one attached hydrogen (secondary N) is 1. The Labute approximate surface area is 142 Å². The molecular weight excluding hydrogens is 308 g/mol. The van der Waals surface area contributed by atoms with E-state index in [-0.39, 0.29) is 5.41 Å². The Balaban J connectivity index is 2.69. The molecule has 1 rings (SSSR count). The van der Waals surface area contributed by atoms with Crippen molar-refractivity contribution in [3.05, 3.63) is 29.8 Å². The van der Waals surface area contributed by atoms with Gasteiger partial charge in [-0.15, -0.1) is 0 Å². The molecule has 0 unspecified atom stereocenters. The van der Waals surface area contributed by atoms with Crippen LogP contribution in [0, 0.1) is 11.3 Å². The predicted octanol–water partition coefficient (Wildman–Crippen LogP) is 3.14. The summed E-state index contributed by atoms with van der Waals surface area (Å²) < 4.78 is 27.6. The first kappa shape index (κ1) is 20.1. The molecule has 0 aliphatic carbocycles. The lowest BCUT2D eigenvalue weighted by atomic mass is 9.93. The van der Waals surface area contributed by atoms with Crippen LogP contribution in [-0.4, -0.2) is 40.5 Å². The van der Waals surface area contributed by atoms with E-state index in [1.54, 1.807) is 12.1 Å². The van der Waals surface area contributed by atoms with Crippen molar-refractivity contribution in [3.8, 4) is 0 Å². The Kier molecular flexibility index (Phi) is 7.24. The molecular formula is C18H32N2O2S. The number of aryl methyl sites for hydroxylation is 1. The molecule has 0 saturated heterocycles. The van der Waals surface area contributed by atoms with Crippen molar-refractivity contribution in [1.82, 2.24) is 9.62 Å². The average Bonchev–Trinajstić information content (AvgIpc) is 2.42. The molecule has 0 amide bonds. The third-order valence-electron chi connectivity index (χ3n) is 3.73. The van der Waals surface area contributed by atoms with Gasteiger partial charge in [0.15, 0.2) is 0 Å². The second-order valence-electron chi connectivity index (χ2n) is 7.80. The molecule has 1 aromatic carbocycles.